The van der Waals surface area contributed by atoms with Crippen LogP contribution in [0, 0.1) is 0 Å². The Balaban J connectivity index is 1.75. The highest BCUT2D eigenvalue weighted by atomic mass is 79.9. The molecule has 21 heavy (non-hydrogen) atoms. The Hall–Kier alpha value is -1.79. The van der Waals surface area contributed by atoms with E-state index in [0.717, 1.165) is 15.7 Å². The summed E-state index contributed by atoms with van der Waals surface area (Å²) in [6.45, 7) is 0.616. The Morgan fingerprint density at radius 2 is 2.29 bits per heavy atom. The lowest BCUT2D eigenvalue weighted by Crippen LogP contribution is -2.25. The van der Waals surface area contributed by atoms with E-state index in [-0.39, 0.29) is 12.5 Å². The molecule has 0 fully saturated rings. The normalized spacial score (nSPS) is 13.1. The Morgan fingerprint density at radius 1 is 1.43 bits per heavy atom. The van der Waals surface area contributed by atoms with Gasteiger partial charge in [0, 0.05) is 17.2 Å². The average molecular weight is 369 g/mol. The fourth-order valence-corrected chi connectivity index (χ4v) is 2.49. The van der Waals surface area contributed by atoms with Crippen LogP contribution in [0.2, 0.25) is 5.15 Å². The Bertz CT molecular complexity index is 709. The molecule has 7 heteroatoms. The van der Waals surface area contributed by atoms with Crippen LogP contribution in [-0.4, -0.2) is 17.5 Å². The number of amides is 1. The number of halogens is 2. The molecule has 0 radical (unpaired) electrons. The summed E-state index contributed by atoms with van der Waals surface area (Å²) >= 11 is 9.38. The van der Waals surface area contributed by atoms with Crippen LogP contribution < -0.4 is 15.4 Å². The number of fused-ring (bicyclic) bond motifs is 1. The van der Waals surface area contributed by atoms with Gasteiger partial charge in [-0.15, -0.1) is 0 Å². The van der Waals surface area contributed by atoms with E-state index in [0.29, 0.717) is 23.1 Å². The molecule has 2 aromatic rings. The summed E-state index contributed by atoms with van der Waals surface area (Å²) < 4.78 is 6.17. The van der Waals surface area contributed by atoms with Crippen molar-refractivity contribution >= 4 is 44.8 Å². The van der Waals surface area contributed by atoms with Gasteiger partial charge in [0.2, 0.25) is 0 Å². The molecule has 1 aliphatic heterocycles. The zero-order valence-corrected chi connectivity index (χ0v) is 13.2. The third-order valence-electron chi connectivity index (χ3n) is 2.97. The highest BCUT2D eigenvalue weighted by Crippen LogP contribution is 2.29. The van der Waals surface area contributed by atoms with Gasteiger partial charge in [-0.25, -0.2) is 4.98 Å². The van der Waals surface area contributed by atoms with Gasteiger partial charge in [0.15, 0.2) is 11.8 Å². The number of aromatic nitrogens is 1. The number of hydrogen-bond donors (Lipinski definition) is 2. The summed E-state index contributed by atoms with van der Waals surface area (Å²) in [6.07, 6.45) is 1.64. The molecule has 0 aliphatic carbocycles. The molecule has 0 saturated carbocycles. The van der Waals surface area contributed by atoms with Gasteiger partial charge in [-0.2, -0.15) is 0 Å². The van der Waals surface area contributed by atoms with Crippen LogP contribution in [-0.2, 0) is 11.3 Å². The first-order chi connectivity index (χ1) is 10.1. The van der Waals surface area contributed by atoms with Crippen LogP contribution >= 0.6 is 27.5 Å². The first-order valence-corrected chi connectivity index (χ1v) is 7.39. The van der Waals surface area contributed by atoms with E-state index in [2.05, 4.69) is 31.5 Å². The minimum absolute atomic E-state index is 0.0594. The largest absolute Gasteiger partial charge is 0.482 e. The highest BCUT2D eigenvalue weighted by Gasteiger charge is 2.15. The minimum Gasteiger partial charge on any atom is -0.482 e. The minimum atomic E-state index is -0.146. The van der Waals surface area contributed by atoms with Crippen molar-refractivity contribution in [3.63, 3.8) is 0 Å². The maximum absolute atomic E-state index is 11.3. The number of hydrogen-bond acceptors (Lipinski definition) is 4. The van der Waals surface area contributed by atoms with Gasteiger partial charge in [-0.1, -0.05) is 17.7 Å². The second-order valence-electron chi connectivity index (χ2n) is 4.51. The van der Waals surface area contributed by atoms with Gasteiger partial charge in [0.25, 0.3) is 5.91 Å². The molecule has 5 nitrogen and oxygen atoms in total. The van der Waals surface area contributed by atoms with Crippen LogP contribution in [0.4, 0.5) is 11.4 Å². The van der Waals surface area contributed by atoms with Crippen LogP contribution in [0.15, 0.2) is 34.9 Å². The average Bonchev–Trinajstić information content (AvgIpc) is 2.47. The molecule has 1 amide bonds. The van der Waals surface area contributed by atoms with Crippen molar-refractivity contribution in [1.82, 2.24) is 4.98 Å². The van der Waals surface area contributed by atoms with Crippen molar-refractivity contribution in [1.29, 1.82) is 0 Å². The summed E-state index contributed by atoms with van der Waals surface area (Å²) in [4.78, 5) is 15.4. The number of carbonyl (C=O) groups is 1. The third-order valence-corrected chi connectivity index (χ3v) is 3.70. The van der Waals surface area contributed by atoms with E-state index in [1.165, 1.54) is 0 Å². The molecule has 0 atom stereocenters. The smallest absolute Gasteiger partial charge is 0.262 e. The summed E-state index contributed by atoms with van der Waals surface area (Å²) in [6, 6.07) is 7.51. The van der Waals surface area contributed by atoms with Crippen molar-refractivity contribution in [2.45, 2.75) is 6.54 Å². The van der Waals surface area contributed by atoms with E-state index in [1.54, 1.807) is 6.20 Å². The molecular weight excluding hydrogens is 358 g/mol. The zero-order chi connectivity index (χ0) is 14.8. The molecule has 1 aliphatic rings. The summed E-state index contributed by atoms with van der Waals surface area (Å²) in [5.41, 5.74) is 2.42. The second-order valence-corrected chi connectivity index (χ2v) is 5.79. The maximum Gasteiger partial charge on any atom is 0.262 e. The molecular formula is C14H11BrClN3O2. The molecule has 108 valence electrons. The lowest BCUT2D eigenvalue weighted by Gasteiger charge is -2.18. The van der Waals surface area contributed by atoms with E-state index in [1.807, 2.05) is 24.3 Å². The first-order valence-electron chi connectivity index (χ1n) is 6.22. The quantitative estimate of drug-likeness (QED) is 0.815. The molecule has 1 aromatic carbocycles. The number of pyridine rings is 1. The van der Waals surface area contributed by atoms with Gasteiger partial charge >= 0.3 is 0 Å². The Labute approximate surface area is 134 Å². The Kier molecular flexibility index (Phi) is 3.98. The van der Waals surface area contributed by atoms with Crippen LogP contribution in [0.3, 0.4) is 0 Å². The first kappa shape index (κ1) is 14.2. The van der Waals surface area contributed by atoms with E-state index < -0.39 is 0 Å². The van der Waals surface area contributed by atoms with Crippen molar-refractivity contribution in [2.24, 2.45) is 0 Å². The highest BCUT2D eigenvalue weighted by molar-refractivity contribution is 9.10. The van der Waals surface area contributed by atoms with Crippen molar-refractivity contribution in [2.75, 3.05) is 17.2 Å². The van der Waals surface area contributed by atoms with E-state index in [9.17, 15) is 4.79 Å². The lowest BCUT2D eigenvalue weighted by atomic mass is 10.1. The molecule has 0 unspecified atom stereocenters. The monoisotopic (exact) mass is 367 g/mol. The molecule has 2 N–H and O–H groups in total. The van der Waals surface area contributed by atoms with E-state index in [4.69, 9.17) is 16.3 Å². The van der Waals surface area contributed by atoms with Crippen molar-refractivity contribution in [3.05, 3.63) is 45.7 Å². The Morgan fingerprint density at radius 3 is 3.14 bits per heavy atom. The second kappa shape index (κ2) is 5.91. The standard InChI is InChI=1S/C14H11BrClN3O2/c15-9-4-11(14(16)18-6-9)17-5-8-1-2-12-10(3-8)19-13(20)7-21-12/h1-4,6,17H,5,7H2,(H,19,20). The van der Waals surface area contributed by atoms with Crippen LogP contribution in [0.1, 0.15) is 5.56 Å². The number of carbonyl (C=O) groups excluding carboxylic acids is 1. The molecule has 0 saturated heterocycles. The SMILES string of the molecule is O=C1COc2ccc(CNc3cc(Br)cnc3Cl)cc2N1. The predicted molar refractivity (Wildman–Crippen MR) is 84.8 cm³/mol. The van der Waals surface area contributed by atoms with Gasteiger partial charge in [0.1, 0.15) is 5.75 Å². The molecule has 3 rings (SSSR count). The number of benzene rings is 1. The van der Waals surface area contributed by atoms with Gasteiger partial charge < -0.3 is 15.4 Å². The van der Waals surface area contributed by atoms with Gasteiger partial charge in [0.05, 0.1) is 11.4 Å². The summed E-state index contributed by atoms with van der Waals surface area (Å²) in [5.74, 6) is 0.535. The predicted octanol–water partition coefficient (Wildman–Crippen LogP) is 3.44. The van der Waals surface area contributed by atoms with Crippen LogP contribution in [0.25, 0.3) is 0 Å². The summed E-state index contributed by atoms with van der Waals surface area (Å²) in [5, 5.41) is 6.40. The van der Waals surface area contributed by atoms with Crippen LogP contribution in [0.5, 0.6) is 5.75 Å². The fraction of sp³-hybridized carbons (Fsp3) is 0.143. The zero-order valence-electron chi connectivity index (χ0n) is 10.8. The number of anilines is 2. The number of nitrogens with zero attached hydrogens (tertiary/aromatic N) is 1. The number of ether oxygens (including phenoxy) is 1. The lowest BCUT2D eigenvalue weighted by molar-refractivity contribution is -0.118. The molecule has 0 spiro atoms. The number of rotatable bonds is 3. The molecule has 2 heterocycles. The molecule has 0 bridgehead atoms. The van der Waals surface area contributed by atoms with Crippen molar-refractivity contribution < 1.29 is 9.53 Å². The van der Waals surface area contributed by atoms with Gasteiger partial charge in [-0.3, -0.25) is 4.79 Å². The topological polar surface area (TPSA) is 63.2 Å². The van der Waals surface area contributed by atoms with E-state index >= 15 is 0 Å². The summed E-state index contributed by atoms with van der Waals surface area (Å²) in [7, 11) is 0. The molecule has 1 aromatic heterocycles. The third kappa shape index (κ3) is 3.28. The fourth-order valence-electron chi connectivity index (χ4n) is 1.98. The van der Waals surface area contributed by atoms with Gasteiger partial charge in [-0.05, 0) is 39.7 Å². The number of nitrogens with one attached hydrogen (secondary N) is 2. The maximum atomic E-state index is 11.3. The van der Waals surface area contributed by atoms with Crippen molar-refractivity contribution in [3.8, 4) is 5.75 Å².